The summed E-state index contributed by atoms with van der Waals surface area (Å²) in [7, 11) is 1.74. The number of ether oxygens (including phenoxy) is 2. The number of sulfonamides is 1. The average molecular weight is 582 g/mol. The first kappa shape index (κ1) is 31.3. The maximum Gasteiger partial charge on any atom is 0.258 e. The summed E-state index contributed by atoms with van der Waals surface area (Å²) in [6, 6.07) is 8.45. The maximum atomic E-state index is 14.0. The lowest BCUT2D eigenvalue weighted by Crippen LogP contribution is -2.48. The predicted octanol–water partition coefficient (Wildman–Crippen LogP) is 3.93. The zero-order valence-corrected chi connectivity index (χ0v) is 25.5. The van der Waals surface area contributed by atoms with Gasteiger partial charge >= 0.3 is 0 Å². The van der Waals surface area contributed by atoms with Crippen LogP contribution in [-0.2, 0) is 14.8 Å². The summed E-state index contributed by atoms with van der Waals surface area (Å²) >= 11 is 1.18. The molecular formula is C28H43N3O6S2. The van der Waals surface area contributed by atoms with Crippen LogP contribution in [0.3, 0.4) is 0 Å². The van der Waals surface area contributed by atoms with Gasteiger partial charge in [-0.1, -0.05) is 13.0 Å². The number of rotatable bonds is 7. The zero-order chi connectivity index (χ0) is 28.7. The van der Waals surface area contributed by atoms with Crippen LogP contribution in [0.1, 0.15) is 50.4 Å². The minimum atomic E-state index is -3.65. The molecule has 0 bridgehead atoms. The summed E-state index contributed by atoms with van der Waals surface area (Å²) in [6.45, 7) is 6.44. The summed E-state index contributed by atoms with van der Waals surface area (Å²) in [4.78, 5) is 17.6. The van der Waals surface area contributed by atoms with Crippen molar-refractivity contribution in [1.82, 2.24) is 9.21 Å². The second-order valence-electron chi connectivity index (χ2n) is 10.6. The Balaban J connectivity index is 1.96. The molecule has 0 aliphatic carbocycles. The highest BCUT2D eigenvalue weighted by Crippen LogP contribution is 2.29. The van der Waals surface area contributed by atoms with E-state index in [-0.39, 0.29) is 41.8 Å². The highest BCUT2D eigenvalue weighted by molar-refractivity contribution is 7.91. The predicted molar refractivity (Wildman–Crippen MR) is 155 cm³/mol. The number of likely N-dealkylation sites (N-methyl/N-ethyl adjacent to an activating group) is 1. The molecule has 1 N–H and O–H groups in total. The van der Waals surface area contributed by atoms with Crippen LogP contribution in [0.5, 0.6) is 5.75 Å². The third kappa shape index (κ3) is 7.94. The van der Waals surface area contributed by atoms with Crippen molar-refractivity contribution in [2.45, 2.75) is 62.5 Å². The van der Waals surface area contributed by atoms with Gasteiger partial charge in [-0.15, -0.1) is 11.3 Å². The number of amides is 1. The van der Waals surface area contributed by atoms with Gasteiger partial charge in [-0.3, -0.25) is 4.79 Å². The fourth-order valence-corrected chi connectivity index (χ4v) is 6.95. The van der Waals surface area contributed by atoms with Crippen molar-refractivity contribution in [3.63, 3.8) is 0 Å². The molecule has 0 unspecified atom stereocenters. The lowest BCUT2D eigenvalue weighted by molar-refractivity contribution is -0.00832. The SMILES string of the molecule is C[C@@H]1CN([C@H](C)CO)C(=O)c2cc(N(C)C)ccc2O[C@@H](C)CCCCO[C@H]1CN(C)S(=O)(=O)c1cccs1. The molecule has 1 aliphatic heterocycles. The van der Waals surface area contributed by atoms with Crippen LogP contribution >= 0.6 is 11.3 Å². The monoisotopic (exact) mass is 581 g/mol. The maximum absolute atomic E-state index is 14.0. The third-order valence-corrected chi connectivity index (χ3v) is 10.3. The number of carbonyl (C=O) groups is 1. The topological polar surface area (TPSA) is 99.6 Å². The normalized spacial score (nSPS) is 22.6. The number of thiophene rings is 1. The molecule has 9 nitrogen and oxygen atoms in total. The molecule has 1 aliphatic rings. The molecular weight excluding hydrogens is 538 g/mol. The smallest absolute Gasteiger partial charge is 0.258 e. The van der Waals surface area contributed by atoms with Crippen molar-refractivity contribution in [3.05, 3.63) is 41.3 Å². The highest BCUT2D eigenvalue weighted by Gasteiger charge is 2.32. The van der Waals surface area contributed by atoms with E-state index < -0.39 is 22.2 Å². The molecule has 218 valence electrons. The molecule has 4 atom stereocenters. The lowest BCUT2D eigenvalue weighted by atomic mass is 10.0. The number of nitrogens with zero attached hydrogens (tertiary/aromatic N) is 3. The van der Waals surface area contributed by atoms with Gasteiger partial charge in [0.2, 0.25) is 0 Å². The molecule has 11 heteroatoms. The molecule has 39 heavy (non-hydrogen) atoms. The summed E-state index contributed by atoms with van der Waals surface area (Å²) in [5.41, 5.74) is 1.30. The Morgan fingerprint density at radius 3 is 2.56 bits per heavy atom. The third-order valence-electron chi connectivity index (χ3n) is 7.15. The Morgan fingerprint density at radius 2 is 1.92 bits per heavy atom. The number of anilines is 1. The van der Waals surface area contributed by atoms with Gasteiger partial charge in [0.15, 0.2) is 0 Å². The molecule has 0 saturated heterocycles. The van der Waals surface area contributed by atoms with E-state index in [1.165, 1.54) is 15.6 Å². The first-order valence-corrected chi connectivity index (χ1v) is 15.8. The highest BCUT2D eigenvalue weighted by atomic mass is 32.2. The van der Waals surface area contributed by atoms with Crippen LogP contribution in [0.2, 0.25) is 0 Å². The van der Waals surface area contributed by atoms with Crippen LogP contribution in [0.25, 0.3) is 0 Å². The lowest BCUT2D eigenvalue weighted by Gasteiger charge is -2.35. The Labute approximate surface area is 237 Å². The number of hydrogen-bond donors (Lipinski definition) is 1. The van der Waals surface area contributed by atoms with E-state index in [1.807, 2.05) is 51.0 Å². The van der Waals surface area contributed by atoms with Crippen LogP contribution in [-0.4, -0.2) is 94.3 Å². The number of fused-ring (bicyclic) bond motifs is 1. The van der Waals surface area contributed by atoms with Gasteiger partial charge in [0, 0.05) is 52.4 Å². The standard InChI is InChI=1S/C28H43N3O6S2/c1-20-17-31(21(2)19-32)28(33)24-16-23(29(4)5)12-13-25(24)37-22(3)10-7-8-14-36-26(20)18-30(6)39(34,35)27-11-9-15-38-27/h9,11-13,15-16,20-22,26,32H,7-8,10,14,17-19H2,1-6H3/t20-,21-,22+,26+/m1/s1. The molecule has 1 aromatic carbocycles. The van der Waals surface area contributed by atoms with E-state index in [1.54, 1.807) is 36.4 Å². The van der Waals surface area contributed by atoms with E-state index in [4.69, 9.17) is 9.47 Å². The fraction of sp³-hybridized carbons (Fsp3) is 0.607. The zero-order valence-electron chi connectivity index (χ0n) is 23.9. The molecule has 0 saturated carbocycles. The summed E-state index contributed by atoms with van der Waals surface area (Å²) in [5.74, 6) is 0.0596. The largest absolute Gasteiger partial charge is 0.490 e. The summed E-state index contributed by atoms with van der Waals surface area (Å²) in [5, 5.41) is 11.8. The van der Waals surface area contributed by atoms with Gasteiger partial charge < -0.3 is 24.4 Å². The van der Waals surface area contributed by atoms with E-state index in [0.717, 1.165) is 24.9 Å². The van der Waals surface area contributed by atoms with Gasteiger partial charge in [-0.05, 0) is 62.8 Å². The molecule has 0 spiro atoms. The minimum Gasteiger partial charge on any atom is -0.490 e. The van der Waals surface area contributed by atoms with E-state index in [9.17, 15) is 18.3 Å². The van der Waals surface area contributed by atoms with Crippen molar-refractivity contribution in [1.29, 1.82) is 0 Å². The number of hydrogen-bond acceptors (Lipinski definition) is 8. The number of aliphatic hydroxyl groups excluding tert-OH is 1. The van der Waals surface area contributed by atoms with Crippen molar-refractivity contribution in [2.24, 2.45) is 5.92 Å². The average Bonchev–Trinajstić information content (AvgIpc) is 3.45. The van der Waals surface area contributed by atoms with Gasteiger partial charge in [0.25, 0.3) is 15.9 Å². The number of aliphatic hydroxyl groups is 1. The fourth-order valence-electron chi connectivity index (χ4n) is 4.57. The Bertz CT molecular complexity index is 1170. The Kier molecular flexibility index (Phi) is 11.2. The van der Waals surface area contributed by atoms with Crippen LogP contribution < -0.4 is 9.64 Å². The van der Waals surface area contributed by atoms with E-state index in [0.29, 0.717) is 17.9 Å². The molecule has 2 aromatic rings. The van der Waals surface area contributed by atoms with Crippen molar-refractivity contribution in [2.75, 3.05) is 52.3 Å². The van der Waals surface area contributed by atoms with E-state index in [2.05, 4.69) is 0 Å². The Hall–Kier alpha value is -2.18. The van der Waals surface area contributed by atoms with Crippen molar-refractivity contribution < 1.29 is 27.8 Å². The summed E-state index contributed by atoms with van der Waals surface area (Å²) < 4.78 is 40.4. The van der Waals surface area contributed by atoms with Crippen LogP contribution in [0.15, 0.2) is 39.9 Å². The minimum absolute atomic E-state index is 0.106. The number of carbonyl (C=O) groups excluding carboxylic acids is 1. The molecule has 3 rings (SSSR count). The quantitative estimate of drug-likeness (QED) is 0.529. The number of benzene rings is 1. The Morgan fingerprint density at radius 1 is 1.18 bits per heavy atom. The first-order chi connectivity index (χ1) is 18.4. The van der Waals surface area contributed by atoms with Gasteiger partial charge in [0.05, 0.1) is 30.4 Å². The first-order valence-electron chi connectivity index (χ1n) is 13.5. The van der Waals surface area contributed by atoms with E-state index >= 15 is 0 Å². The molecule has 0 fully saturated rings. The molecule has 1 aromatic heterocycles. The molecule has 2 heterocycles. The van der Waals surface area contributed by atoms with Crippen molar-refractivity contribution in [3.8, 4) is 5.75 Å². The summed E-state index contributed by atoms with van der Waals surface area (Å²) in [6.07, 6.45) is 1.91. The molecule has 1 amide bonds. The van der Waals surface area contributed by atoms with Crippen LogP contribution in [0.4, 0.5) is 5.69 Å². The second-order valence-corrected chi connectivity index (χ2v) is 13.8. The van der Waals surface area contributed by atoms with Gasteiger partial charge in [-0.2, -0.15) is 4.31 Å². The van der Waals surface area contributed by atoms with Crippen LogP contribution in [0, 0.1) is 5.92 Å². The van der Waals surface area contributed by atoms with Gasteiger partial charge in [-0.25, -0.2) is 8.42 Å². The van der Waals surface area contributed by atoms with Crippen molar-refractivity contribution >= 4 is 33.0 Å². The van der Waals surface area contributed by atoms with Gasteiger partial charge in [0.1, 0.15) is 9.96 Å². The second kappa shape index (κ2) is 13.9. The molecule has 0 radical (unpaired) electrons.